The summed E-state index contributed by atoms with van der Waals surface area (Å²) >= 11 is 3.39. The summed E-state index contributed by atoms with van der Waals surface area (Å²) in [6.07, 6.45) is 0. The number of carbonyl (C=O) groups excluding carboxylic acids is 1. The van der Waals surface area contributed by atoms with Crippen LogP contribution < -0.4 is 18.9 Å². The summed E-state index contributed by atoms with van der Waals surface area (Å²) < 4.78 is 27.2. The van der Waals surface area contributed by atoms with E-state index < -0.39 is 5.97 Å². The predicted molar refractivity (Wildman–Crippen MR) is 95.9 cm³/mol. The molecule has 0 unspecified atom stereocenters. The van der Waals surface area contributed by atoms with Crippen LogP contribution in [-0.2, 0) is 11.3 Å². The standard InChI is InChI=1S/C18H19BrO6/c1-21-14-6-5-12(19)7-11(14)10-25-18(20)13-8-16(23-3)17(24-4)9-15(13)22-2/h5-9H,10H2,1-4H3. The topological polar surface area (TPSA) is 63.2 Å². The van der Waals surface area contributed by atoms with Crippen LogP contribution >= 0.6 is 15.9 Å². The molecule has 0 saturated carbocycles. The molecular formula is C18H19BrO6. The fraction of sp³-hybridized carbons (Fsp3) is 0.278. The number of hydrogen-bond acceptors (Lipinski definition) is 6. The Morgan fingerprint density at radius 1 is 0.840 bits per heavy atom. The molecule has 2 rings (SSSR count). The van der Waals surface area contributed by atoms with Crippen LogP contribution in [0.15, 0.2) is 34.8 Å². The van der Waals surface area contributed by atoms with E-state index in [1.165, 1.54) is 27.4 Å². The average Bonchev–Trinajstić information content (AvgIpc) is 2.64. The van der Waals surface area contributed by atoms with Gasteiger partial charge in [-0.3, -0.25) is 0 Å². The zero-order chi connectivity index (χ0) is 18.4. The molecule has 0 aliphatic heterocycles. The van der Waals surface area contributed by atoms with E-state index in [2.05, 4.69) is 15.9 Å². The maximum Gasteiger partial charge on any atom is 0.342 e. The lowest BCUT2D eigenvalue weighted by molar-refractivity contribution is 0.0466. The zero-order valence-corrected chi connectivity index (χ0v) is 16.0. The highest BCUT2D eigenvalue weighted by molar-refractivity contribution is 9.10. The quantitative estimate of drug-likeness (QED) is 0.646. The third-order valence-corrected chi connectivity index (χ3v) is 4.02. The molecule has 0 heterocycles. The second-order valence-corrected chi connectivity index (χ2v) is 5.86. The predicted octanol–water partition coefficient (Wildman–Crippen LogP) is 3.84. The largest absolute Gasteiger partial charge is 0.496 e. The van der Waals surface area contributed by atoms with Crippen molar-refractivity contribution in [2.75, 3.05) is 28.4 Å². The second-order valence-electron chi connectivity index (χ2n) is 4.94. The number of carbonyl (C=O) groups is 1. The summed E-state index contributed by atoms with van der Waals surface area (Å²) in [5.74, 6) is 1.30. The molecule has 0 aromatic heterocycles. The molecular weight excluding hydrogens is 392 g/mol. The van der Waals surface area contributed by atoms with E-state index in [0.29, 0.717) is 23.0 Å². The lowest BCUT2D eigenvalue weighted by atomic mass is 10.1. The molecule has 25 heavy (non-hydrogen) atoms. The zero-order valence-electron chi connectivity index (χ0n) is 14.4. The summed E-state index contributed by atoms with van der Waals surface area (Å²) in [6, 6.07) is 8.58. The van der Waals surface area contributed by atoms with Crippen LogP contribution in [0.3, 0.4) is 0 Å². The monoisotopic (exact) mass is 410 g/mol. The van der Waals surface area contributed by atoms with Crippen molar-refractivity contribution in [3.8, 4) is 23.0 Å². The molecule has 0 fully saturated rings. The first-order chi connectivity index (χ1) is 12.0. The van der Waals surface area contributed by atoms with Gasteiger partial charge in [-0.15, -0.1) is 0 Å². The Bertz CT molecular complexity index is 759. The number of methoxy groups -OCH3 is 4. The van der Waals surface area contributed by atoms with Gasteiger partial charge < -0.3 is 23.7 Å². The molecule has 0 spiro atoms. The molecule has 2 aromatic carbocycles. The first-order valence-electron chi connectivity index (χ1n) is 7.33. The fourth-order valence-electron chi connectivity index (χ4n) is 2.27. The first-order valence-corrected chi connectivity index (χ1v) is 8.12. The van der Waals surface area contributed by atoms with Crippen molar-refractivity contribution < 1.29 is 28.5 Å². The van der Waals surface area contributed by atoms with Crippen LogP contribution in [0.25, 0.3) is 0 Å². The number of halogens is 1. The minimum absolute atomic E-state index is 0.0545. The molecule has 0 radical (unpaired) electrons. The van der Waals surface area contributed by atoms with Gasteiger partial charge in [0.25, 0.3) is 0 Å². The fourth-order valence-corrected chi connectivity index (χ4v) is 2.68. The molecule has 0 aliphatic rings. The Balaban J connectivity index is 2.25. The van der Waals surface area contributed by atoms with Crippen molar-refractivity contribution in [3.63, 3.8) is 0 Å². The molecule has 0 saturated heterocycles. The van der Waals surface area contributed by atoms with E-state index in [9.17, 15) is 4.79 Å². The summed E-state index contributed by atoms with van der Waals surface area (Å²) in [7, 11) is 6.03. The van der Waals surface area contributed by atoms with Crippen LogP contribution in [0.4, 0.5) is 0 Å². The van der Waals surface area contributed by atoms with Gasteiger partial charge in [-0.2, -0.15) is 0 Å². The Morgan fingerprint density at radius 3 is 2.04 bits per heavy atom. The maximum atomic E-state index is 12.5. The highest BCUT2D eigenvalue weighted by Crippen LogP contribution is 2.35. The van der Waals surface area contributed by atoms with Crippen molar-refractivity contribution >= 4 is 21.9 Å². The smallest absolute Gasteiger partial charge is 0.342 e. The van der Waals surface area contributed by atoms with Crippen LogP contribution in [-0.4, -0.2) is 34.4 Å². The van der Waals surface area contributed by atoms with Gasteiger partial charge in [0.15, 0.2) is 11.5 Å². The Morgan fingerprint density at radius 2 is 1.44 bits per heavy atom. The third kappa shape index (κ3) is 4.36. The van der Waals surface area contributed by atoms with Gasteiger partial charge in [-0.25, -0.2) is 4.79 Å². The number of esters is 1. The SMILES string of the molecule is COc1ccc(Br)cc1COC(=O)c1cc(OC)c(OC)cc1OC. The van der Waals surface area contributed by atoms with Crippen molar-refractivity contribution in [1.82, 2.24) is 0 Å². The van der Waals surface area contributed by atoms with Crippen molar-refractivity contribution in [3.05, 3.63) is 45.9 Å². The van der Waals surface area contributed by atoms with E-state index in [1.807, 2.05) is 12.1 Å². The number of ether oxygens (including phenoxy) is 5. The highest BCUT2D eigenvalue weighted by Gasteiger charge is 2.19. The van der Waals surface area contributed by atoms with Gasteiger partial charge in [-0.1, -0.05) is 15.9 Å². The third-order valence-electron chi connectivity index (χ3n) is 3.53. The molecule has 0 amide bonds. The lowest BCUT2D eigenvalue weighted by Gasteiger charge is -2.14. The van der Waals surface area contributed by atoms with Gasteiger partial charge >= 0.3 is 5.97 Å². The van der Waals surface area contributed by atoms with Gasteiger partial charge in [-0.05, 0) is 18.2 Å². The van der Waals surface area contributed by atoms with Crippen molar-refractivity contribution in [2.45, 2.75) is 6.61 Å². The van der Waals surface area contributed by atoms with Crippen LogP contribution in [0.1, 0.15) is 15.9 Å². The highest BCUT2D eigenvalue weighted by atomic mass is 79.9. The van der Waals surface area contributed by atoms with E-state index in [1.54, 1.807) is 19.2 Å². The molecule has 0 bridgehead atoms. The number of rotatable bonds is 7. The van der Waals surface area contributed by atoms with E-state index >= 15 is 0 Å². The van der Waals surface area contributed by atoms with Gasteiger partial charge in [0.05, 0.1) is 28.4 Å². The molecule has 2 aromatic rings. The average molecular weight is 411 g/mol. The first kappa shape index (κ1) is 18.9. The number of hydrogen-bond donors (Lipinski definition) is 0. The van der Waals surface area contributed by atoms with E-state index in [-0.39, 0.29) is 12.2 Å². The molecule has 0 atom stereocenters. The molecule has 7 heteroatoms. The normalized spacial score (nSPS) is 10.1. The van der Waals surface area contributed by atoms with Crippen LogP contribution in [0.5, 0.6) is 23.0 Å². The van der Waals surface area contributed by atoms with Crippen LogP contribution in [0, 0.1) is 0 Å². The summed E-state index contributed by atoms with van der Waals surface area (Å²) in [5.41, 5.74) is 0.985. The molecule has 134 valence electrons. The molecule has 0 aliphatic carbocycles. The Kier molecular flexibility index (Phi) is 6.52. The van der Waals surface area contributed by atoms with Crippen molar-refractivity contribution in [1.29, 1.82) is 0 Å². The second kappa shape index (κ2) is 8.62. The van der Waals surface area contributed by atoms with Crippen molar-refractivity contribution in [2.24, 2.45) is 0 Å². The molecule has 0 N–H and O–H groups in total. The molecule has 6 nitrogen and oxygen atoms in total. The number of benzene rings is 2. The Hall–Kier alpha value is -2.41. The maximum absolute atomic E-state index is 12.5. The summed E-state index contributed by atoms with van der Waals surface area (Å²) in [6.45, 7) is 0.0545. The summed E-state index contributed by atoms with van der Waals surface area (Å²) in [5, 5.41) is 0. The van der Waals surface area contributed by atoms with Crippen LogP contribution in [0.2, 0.25) is 0 Å². The minimum Gasteiger partial charge on any atom is -0.496 e. The van der Waals surface area contributed by atoms with Gasteiger partial charge in [0.2, 0.25) is 0 Å². The summed E-state index contributed by atoms with van der Waals surface area (Å²) in [4.78, 5) is 12.5. The van der Waals surface area contributed by atoms with Gasteiger partial charge in [0.1, 0.15) is 23.7 Å². The van der Waals surface area contributed by atoms with E-state index in [4.69, 9.17) is 23.7 Å². The minimum atomic E-state index is -0.542. The lowest BCUT2D eigenvalue weighted by Crippen LogP contribution is -2.09. The van der Waals surface area contributed by atoms with Gasteiger partial charge in [0, 0.05) is 22.2 Å². The van der Waals surface area contributed by atoms with E-state index in [0.717, 1.165) is 10.0 Å². The Labute approximate surface area is 154 Å².